The molecule has 3 heterocycles. The van der Waals surface area contributed by atoms with E-state index >= 15 is 0 Å². The lowest BCUT2D eigenvalue weighted by molar-refractivity contribution is 0.102. The van der Waals surface area contributed by atoms with Gasteiger partial charge in [0.25, 0.3) is 11.8 Å². The molecular formula is C21H16FN3O3. The number of nitrogens with zero attached hydrogens (tertiary/aromatic N) is 2. The number of nitrogens with one attached hydrogen (secondary N) is 1. The minimum absolute atomic E-state index is 0.0136. The van der Waals surface area contributed by atoms with E-state index < -0.39 is 11.7 Å². The van der Waals surface area contributed by atoms with E-state index in [0.717, 1.165) is 23.1 Å². The third kappa shape index (κ3) is 3.29. The van der Waals surface area contributed by atoms with Crippen molar-refractivity contribution >= 4 is 11.6 Å². The van der Waals surface area contributed by atoms with Gasteiger partial charge in [0.1, 0.15) is 12.0 Å². The van der Waals surface area contributed by atoms with Crippen molar-refractivity contribution in [2.75, 3.05) is 5.32 Å². The van der Waals surface area contributed by atoms with Crippen LogP contribution in [0.25, 0.3) is 22.8 Å². The van der Waals surface area contributed by atoms with Crippen LogP contribution < -0.4 is 5.32 Å². The van der Waals surface area contributed by atoms with Crippen LogP contribution in [0.3, 0.4) is 0 Å². The number of aryl methyl sites for hydroxylation is 2. The highest BCUT2D eigenvalue weighted by Crippen LogP contribution is 2.32. The van der Waals surface area contributed by atoms with E-state index in [1.165, 1.54) is 12.5 Å². The van der Waals surface area contributed by atoms with Gasteiger partial charge in [-0.05, 0) is 43.2 Å². The molecule has 1 aromatic carbocycles. The van der Waals surface area contributed by atoms with Crippen LogP contribution in [-0.2, 0) is 0 Å². The van der Waals surface area contributed by atoms with Crippen LogP contribution in [0, 0.1) is 19.7 Å². The van der Waals surface area contributed by atoms with E-state index in [9.17, 15) is 9.18 Å². The third-order valence-electron chi connectivity index (χ3n) is 4.33. The van der Waals surface area contributed by atoms with Crippen molar-refractivity contribution in [3.05, 3.63) is 77.9 Å². The van der Waals surface area contributed by atoms with Crippen LogP contribution in [0.15, 0.2) is 64.0 Å². The summed E-state index contributed by atoms with van der Waals surface area (Å²) in [5.41, 5.74) is 2.81. The molecule has 0 spiro atoms. The van der Waals surface area contributed by atoms with Crippen molar-refractivity contribution in [3.8, 4) is 22.8 Å². The van der Waals surface area contributed by atoms with E-state index in [0.29, 0.717) is 22.9 Å². The van der Waals surface area contributed by atoms with Crippen LogP contribution in [0.1, 0.15) is 21.7 Å². The minimum atomic E-state index is -0.651. The van der Waals surface area contributed by atoms with Crippen LogP contribution in [0.2, 0.25) is 0 Å². The molecule has 0 aliphatic heterocycles. The quantitative estimate of drug-likeness (QED) is 0.541. The van der Waals surface area contributed by atoms with Gasteiger partial charge in [-0.3, -0.25) is 9.78 Å². The number of amides is 1. The second kappa shape index (κ2) is 7.11. The highest BCUT2D eigenvalue weighted by molar-refractivity contribution is 6.05. The van der Waals surface area contributed by atoms with Crippen LogP contribution in [0.5, 0.6) is 0 Å². The molecule has 0 radical (unpaired) electrons. The van der Waals surface area contributed by atoms with E-state index in [1.807, 2.05) is 25.1 Å². The van der Waals surface area contributed by atoms with Crippen molar-refractivity contribution < 1.29 is 18.0 Å². The highest BCUT2D eigenvalue weighted by Gasteiger charge is 2.16. The molecule has 140 valence electrons. The Morgan fingerprint density at radius 1 is 1.14 bits per heavy atom. The zero-order chi connectivity index (χ0) is 19.7. The van der Waals surface area contributed by atoms with Gasteiger partial charge in [0.05, 0.1) is 18.0 Å². The number of benzene rings is 1. The Kier molecular flexibility index (Phi) is 4.49. The maximum absolute atomic E-state index is 13.9. The van der Waals surface area contributed by atoms with Crippen molar-refractivity contribution in [2.45, 2.75) is 13.8 Å². The van der Waals surface area contributed by atoms with Crippen molar-refractivity contribution in [1.29, 1.82) is 0 Å². The molecule has 1 amide bonds. The normalized spacial score (nSPS) is 10.8. The number of hydrogen-bond donors (Lipinski definition) is 1. The summed E-state index contributed by atoms with van der Waals surface area (Å²) in [6, 6.07) is 9.05. The molecular weight excluding hydrogens is 361 g/mol. The summed E-state index contributed by atoms with van der Waals surface area (Å²) in [7, 11) is 0. The molecule has 4 rings (SSSR count). The zero-order valence-electron chi connectivity index (χ0n) is 15.2. The fraction of sp³-hybridized carbons (Fsp3) is 0.0952. The largest absolute Gasteiger partial charge is 0.456 e. The molecule has 7 heteroatoms. The molecule has 0 fully saturated rings. The average Bonchev–Trinajstić information content (AvgIpc) is 3.32. The second-order valence-electron chi connectivity index (χ2n) is 6.26. The molecule has 0 saturated heterocycles. The predicted molar refractivity (Wildman–Crippen MR) is 101 cm³/mol. The standard InChI is InChI=1S/C21H16FN3O3/c1-12-10-23-11-17(22)19(12)20(26)25-15-5-3-14(4-6-15)16-9-18(28-13(16)2)21-24-7-8-27-21/h3-11H,1-2H3,(H,25,26). The highest BCUT2D eigenvalue weighted by atomic mass is 19.1. The molecule has 0 aliphatic carbocycles. The Balaban J connectivity index is 1.56. The van der Waals surface area contributed by atoms with Crippen LogP contribution >= 0.6 is 0 Å². The summed E-state index contributed by atoms with van der Waals surface area (Å²) >= 11 is 0. The van der Waals surface area contributed by atoms with Gasteiger partial charge < -0.3 is 14.2 Å². The maximum Gasteiger partial charge on any atom is 0.262 e. The lowest BCUT2D eigenvalue weighted by Gasteiger charge is -2.09. The van der Waals surface area contributed by atoms with Crippen LogP contribution in [0.4, 0.5) is 10.1 Å². The molecule has 4 aromatic rings. The number of carbonyl (C=O) groups excluding carboxylic acids is 1. The molecule has 0 unspecified atom stereocenters. The van der Waals surface area contributed by atoms with Crippen molar-refractivity contribution in [3.63, 3.8) is 0 Å². The van der Waals surface area contributed by atoms with E-state index in [1.54, 1.807) is 25.3 Å². The number of halogens is 1. The fourth-order valence-corrected chi connectivity index (χ4v) is 2.97. The minimum Gasteiger partial charge on any atom is -0.456 e. The lowest BCUT2D eigenvalue weighted by atomic mass is 10.1. The van der Waals surface area contributed by atoms with E-state index in [4.69, 9.17) is 8.83 Å². The van der Waals surface area contributed by atoms with Gasteiger partial charge >= 0.3 is 0 Å². The molecule has 0 atom stereocenters. The SMILES string of the molecule is Cc1cncc(F)c1C(=O)Nc1ccc(-c2cc(-c3ncco3)oc2C)cc1. The third-order valence-corrected chi connectivity index (χ3v) is 4.33. The number of furan rings is 1. The number of pyridine rings is 1. The van der Waals surface area contributed by atoms with Crippen LogP contribution in [-0.4, -0.2) is 15.9 Å². The van der Waals surface area contributed by atoms with Gasteiger partial charge in [-0.1, -0.05) is 12.1 Å². The van der Waals surface area contributed by atoms with Gasteiger partial charge in [-0.25, -0.2) is 9.37 Å². The predicted octanol–water partition coefficient (Wildman–Crippen LogP) is 5.00. The summed E-state index contributed by atoms with van der Waals surface area (Å²) in [6.07, 6.45) is 5.52. The van der Waals surface area contributed by atoms with E-state index in [2.05, 4.69) is 15.3 Å². The summed E-state index contributed by atoms with van der Waals surface area (Å²) in [4.78, 5) is 20.2. The number of hydrogen-bond acceptors (Lipinski definition) is 5. The molecule has 1 N–H and O–H groups in total. The van der Waals surface area contributed by atoms with E-state index in [-0.39, 0.29) is 5.56 Å². The topological polar surface area (TPSA) is 81.2 Å². The van der Waals surface area contributed by atoms with Gasteiger partial charge in [-0.15, -0.1) is 0 Å². The number of oxazole rings is 1. The number of carbonyl (C=O) groups is 1. The second-order valence-corrected chi connectivity index (χ2v) is 6.26. The Bertz CT molecular complexity index is 1110. The monoisotopic (exact) mass is 377 g/mol. The number of anilines is 1. The molecule has 0 saturated carbocycles. The first-order valence-electron chi connectivity index (χ1n) is 8.55. The Morgan fingerprint density at radius 2 is 1.93 bits per heavy atom. The zero-order valence-corrected chi connectivity index (χ0v) is 15.2. The van der Waals surface area contributed by atoms with Gasteiger partial charge in [0.15, 0.2) is 11.6 Å². The number of rotatable bonds is 4. The summed E-state index contributed by atoms with van der Waals surface area (Å²) in [5, 5.41) is 2.71. The molecule has 6 nitrogen and oxygen atoms in total. The van der Waals surface area contributed by atoms with Gasteiger partial charge in [0, 0.05) is 17.4 Å². The Hall–Kier alpha value is -3.74. The molecule has 28 heavy (non-hydrogen) atoms. The summed E-state index contributed by atoms with van der Waals surface area (Å²) in [5.74, 6) is 0.504. The lowest BCUT2D eigenvalue weighted by Crippen LogP contribution is -2.15. The Morgan fingerprint density at radius 3 is 2.61 bits per heavy atom. The average molecular weight is 377 g/mol. The molecule has 0 bridgehead atoms. The smallest absolute Gasteiger partial charge is 0.262 e. The first kappa shape index (κ1) is 17.7. The molecule has 0 aliphatic rings. The van der Waals surface area contributed by atoms with Crippen molar-refractivity contribution in [1.82, 2.24) is 9.97 Å². The summed E-state index contributed by atoms with van der Waals surface area (Å²) < 4.78 is 24.9. The van der Waals surface area contributed by atoms with Crippen molar-refractivity contribution in [2.24, 2.45) is 0 Å². The van der Waals surface area contributed by atoms with Gasteiger partial charge in [-0.2, -0.15) is 0 Å². The summed E-state index contributed by atoms with van der Waals surface area (Å²) in [6.45, 7) is 3.49. The van der Waals surface area contributed by atoms with Gasteiger partial charge in [0.2, 0.25) is 0 Å². The first-order valence-corrected chi connectivity index (χ1v) is 8.55. The number of aromatic nitrogens is 2. The first-order chi connectivity index (χ1) is 13.5. The molecule has 3 aromatic heterocycles. The maximum atomic E-state index is 13.9. The fourth-order valence-electron chi connectivity index (χ4n) is 2.97. The Labute approximate surface area is 160 Å².